The fraction of sp³-hybridized carbons (Fsp3) is 0.727. The van der Waals surface area contributed by atoms with Crippen LogP contribution in [0.5, 0.6) is 0 Å². The lowest BCUT2D eigenvalue weighted by molar-refractivity contribution is -0.121. The number of nitrogens with zero attached hydrogens (tertiary/aromatic N) is 3. The molecule has 1 rings (SSSR count). The standard InChI is InChI=1S/C11H21N5OS/c1-4-6-13-11-9(14-15-18-11)7-16(5-2)8-10(17)12-3/h13H,4-8H2,1-3H3,(H,12,17). The number of hydrogen-bond donors (Lipinski definition) is 2. The molecule has 1 aromatic heterocycles. The first kappa shape index (κ1) is 14.8. The molecule has 18 heavy (non-hydrogen) atoms. The molecule has 7 heteroatoms. The van der Waals surface area contributed by atoms with Crippen LogP contribution in [0.2, 0.25) is 0 Å². The molecule has 0 aliphatic heterocycles. The lowest BCUT2D eigenvalue weighted by Gasteiger charge is -2.18. The first-order valence-corrected chi connectivity index (χ1v) is 6.96. The smallest absolute Gasteiger partial charge is 0.233 e. The number of nitrogens with one attached hydrogen (secondary N) is 2. The van der Waals surface area contributed by atoms with Crippen LogP contribution in [0.15, 0.2) is 0 Å². The zero-order valence-corrected chi connectivity index (χ0v) is 12.0. The van der Waals surface area contributed by atoms with Gasteiger partial charge in [-0.15, -0.1) is 5.10 Å². The SMILES string of the molecule is CCCNc1snnc1CN(CC)CC(=O)NC. The van der Waals surface area contributed by atoms with Gasteiger partial charge in [-0.2, -0.15) is 0 Å². The summed E-state index contributed by atoms with van der Waals surface area (Å²) >= 11 is 1.37. The van der Waals surface area contributed by atoms with E-state index in [9.17, 15) is 4.79 Å². The Balaban J connectivity index is 2.58. The second kappa shape index (κ2) is 7.99. The van der Waals surface area contributed by atoms with Crippen LogP contribution in [-0.4, -0.2) is 47.1 Å². The Bertz CT molecular complexity index is 368. The van der Waals surface area contributed by atoms with Crippen molar-refractivity contribution in [1.82, 2.24) is 19.8 Å². The van der Waals surface area contributed by atoms with Crippen molar-refractivity contribution in [2.75, 3.05) is 32.0 Å². The average Bonchev–Trinajstić information content (AvgIpc) is 2.82. The fourth-order valence-electron chi connectivity index (χ4n) is 1.46. The van der Waals surface area contributed by atoms with E-state index >= 15 is 0 Å². The van der Waals surface area contributed by atoms with E-state index in [2.05, 4.69) is 27.1 Å². The highest BCUT2D eigenvalue weighted by Crippen LogP contribution is 2.19. The minimum Gasteiger partial charge on any atom is -0.374 e. The average molecular weight is 271 g/mol. The van der Waals surface area contributed by atoms with Gasteiger partial charge in [0, 0.05) is 31.7 Å². The van der Waals surface area contributed by atoms with Gasteiger partial charge in [0.25, 0.3) is 0 Å². The Labute approximate surface area is 112 Å². The highest BCUT2D eigenvalue weighted by atomic mass is 32.1. The molecule has 102 valence electrons. The summed E-state index contributed by atoms with van der Waals surface area (Å²) in [5.41, 5.74) is 0.916. The molecule has 0 saturated heterocycles. The number of rotatable bonds is 8. The van der Waals surface area contributed by atoms with Crippen molar-refractivity contribution in [3.05, 3.63) is 5.69 Å². The van der Waals surface area contributed by atoms with Gasteiger partial charge in [-0.25, -0.2) is 0 Å². The highest BCUT2D eigenvalue weighted by Gasteiger charge is 2.13. The molecule has 0 fully saturated rings. The minimum atomic E-state index is 0.0168. The van der Waals surface area contributed by atoms with E-state index < -0.39 is 0 Å². The van der Waals surface area contributed by atoms with Crippen molar-refractivity contribution >= 4 is 22.4 Å². The second-order valence-corrected chi connectivity index (χ2v) is 4.71. The molecule has 6 nitrogen and oxygen atoms in total. The van der Waals surface area contributed by atoms with Crippen LogP contribution in [0.1, 0.15) is 26.0 Å². The topological polar surface area (TPSA) is 70.2 Å². The van der Waals surface area contributed by atoms with Crippen LogP contribution in [0.25, 0.3) is 0 Å². The summed E-state index contributed by atoms with van der Waals surface area (Å²) in [6.07, 6.45) is 1.06. The predicted molar refractivity (Wildman–Crippen MR) is 73.7 cm³/mol. The Morgan fingerprint density at radius 3 is 2.83 bits per heavy atom. The van der Waals surface area contributed by atoms with Crippen LogP contribution >= 0.6 is 11.5 Å². The molecule has 0 aliphatic rings. The quantitative estimate of drug-likeness (QED) is 0.736. The number of likely N-dealkylation sites (N-methyl/N-ethyl adjacent to an activating group) is 2. The van der Waals surface area contributed by atoms with E-state index in [-0.39, 0.29) is 5.91 Å². The zero-order chi connectivity index (χ0) is 13.4. The zero-order valence-electron chi connectivity index (χ0n) is 11.2. The van der Waals surface area contributed by atoms with E-state index in [0.29, 0.717) is 13.1 Å². The molecule has 0 atom stereocenters. The largest absolute Gasteiger partial charge is 0.374 e. The highest BCUT2D eigenvalue weighted by molar-refractivity contribution is 7.10. The third-order valence-electron chi connectivity index (χ3n) is 2.56. The van der Waals surface area contributed by atoms with Crippen molar-refractivity contribution in [2.45, 2.75) is 26.8 Å². The normalized spacial score (nSPS) is 10.7. The first-order chi connectivity index (χ1) is 8.71. The summed E-state index contributed by atoms with van der Waals surface area (Å²) in [4.78, 5) is 13.4. The Morgan fingerprint density at radius 1 is 1.44 bits per heavy atom. The number of anilines is 1. The molecule has 1 heterocycles. The molecule has 0 saturated carbocycles. The number of carbonyl (C=O) groups excluding carboxylic acids is 1. The molecular weight excluding hydrogens is 250 g/mol. The van der Waals surface area contributed by atoms with E-state index in [4.69, 9.17) is 0 Å². The lowest BCUT2D eigenvalue weighted by atomic mass is 10.3. The van der Waals surface area contributed by atoms with Gasteiger partial charge in [0.2, 0.25) is 5.91 Å². The Hall–Kier alpha value is -1.21. The van der Waals surface area contributed by atoms with Gasteiger partial charge < -0.3 is 10.6 Å². The van der Waals surface area contributed by atoms with Crippen LogP contribution in [0, 0.1) is 0 Å². The summed E-state index contributed by atoms with van der Waals surface area (Å²) in [7, 11) is 1.65. The maximum Gasteiger partial charge on any atom is 0.233 e. The molecular formula is C11H21N5OS. The van der Waals surface area contributed by atoms with Gasteiger partial charge >= 0.3 is 0 Å². The number of aromatic nitrogens is 2. The number of amides is 1. The predicted octanol–water partition coefficient (Wildman–Crippen LogP) is 0.928. The molecule has 0 aliphatic carbocycles. The van der Waals surface area contributed by atoms with E-state index in [1.54, 1.807) is 7.05 Å². The maximum atomic E-state index is 11.4. The summed E-state index contributed by atoms with van der Waals surface area (Å²) in [5.74, 6) is 0.0168. The van der Waals surface area contributed by atoms with Crippen molar-refractivity contribution in [3.63, 3.8) is 0 Å². The van der Waals surface area contributed by atoms with Crippen molar-refractivity contribution < 1.29 is 4.79 Å². The van der Waals surface area contributed by atoms with E-state index in [1.165, 1.54) is 11.5 Å². The first-order valence-electron chi connectivity index (χ1n) is 6.19. The Morgan fingerprint density at radius 2 is 2.22 bits per heavy atom. The monoisotopic (exact) mass is 271 g/mol. The summed E-state index contributed by atoms with van der Waals surface area (Å²) < 4.78 is 3.96. The molecule has 0 bridgehead atoms. The van der Waals surface area contributed by atoms with E-state index in [1.807, 2.05) is 11.8 Å². The summed E-state index contributed by atoms with van der Waals surface area (Å²) in [5, 5.41) is 11.1. The Kier molecular flexibility index (Phi) is 6.59. The van der Waals surface area contributed by atoms with Crippen molar-refractivity contribution in [1.29, 1.82) is 0 Å². The number of hydrogen-bond acceptors (Lipinski definition) is 6. The maximum absolute atomic E-state index is 11.4. The molecule has 1 aromatic rings. The van der Waals surface area contributed by atoms with Crippen LogP contribution in [0.3, 0.4) is 0 Å². The molecule has 0 unspecified atom stereocenters. The van der Waals surface area contributed by atoms with Crippen molar-refractivity contribution in [3.8, 4) is 0 Å². The third kappa shape index (κ3) is 4.58. The molecule has 1 amide bonds. The summed E-state index contributed by atoms with van der Waals surface area (Å²) in [6, 6.07) is 0. The van der Waals surface area contributed by atoms with Gasteiger partial charge in [-0.05, 0) is 13.0 Å². The van der Waals surface area contributed by atoms with Gasteiger partial charge in [0.15, 0.2) is 0 Å². The minimum absolute atomic E-state index is 0.0168. The molecule has 0 radical (unpaired) electrons. The number of carbonyl (C=O) groups is 1. The third-order valence-corrected chi connectivity index (χ3v) is 3.28. The van der Waals surface area contributed by atoms with Gasteiger partial charge in [0.05, 0.1) is 6.54 Å². The van der Waals surface area contributed by atoms with Crippen molar-refractivity contribution in [2.24, 2.45) is 0 Å². The van der Waals surface area contributed by atoms with Crippen LogP contribution in [-0.2, 0) is 11.3 Å². The van der Waals surface area contributed by atoms with E-state index in [0.717, 1.165) is 30.2 Å². The van der Waals surface area contributed by atoms with Gasteiger partial charge in [0.1, 0.15) is 10.7 Å². The second-order valence-electron chi connectivity index (χ2n) is 3.95. The molecule has 0 spiro atoms. The fourth-order valence-corrected chi connectivity index (χ4v) is 2.06. The van der Waals surface area contributed by atoms with Crippen LogP contribution < -0.4 is 10.6 Å². The van der Waals surface area contributed by atoms with Crippen LogP contribution in [0.4, 0.5) is 5.00 Å². The lowest BCUT2D eigenvalue weighted by Crippen LogP contribution is -2.35. The van der Waals surface area contributed by atoms with Gasteiger partial charge in [-0.3, -0.25) is 9.69 Å². The van der Waals surface area contributed by atoms with Gasteiger partial charge in [-0.1, -0.05) is 18.3 Å². The summed E-state index contributed by atoms with van der Waals surface area (Å²) in [6.45, 7) is 6.90. The molecule has 2 N–H and O–H groups in total. The molecule has 0 aromatic carbocycles.